The van der Waals surface area contributed by atoms with Crippen LogP contribution in [0.1, 0.15) is 59.8 Å². The first-order valence-electron chi connectivity index (χ1n) is 8.61. The molecule has 3 heteroatoms. The number of hydrogen-bond acceptors (Lipinski definition) is 2. The van der Waals surface area contributed by atoms with Crippen LogP contribution in [0.2, 0.25) is 18.1 Å². The van der Waals surface area contributed by atoms with Crippen LogP contribution in [0.15, 0.2) is 11.6 Å². The summed E-state index contributed by atoms with van der Waals surface area (Å²) < 4.78 is 7.04. The Hall–Kier alpha value is -0.123. The monoisotopic (exact) mass is 296 g/mol. The summed E-state index contributed by atoms with van der Waals surface area (Å²) in [5.41, 5.74) is 1.38. The van der Waals surface area contributed by atoms with Gasteiger partial charge in [0.1, 0.15) is 0 Å². The number of aliphatic hydroxyl groups is 1. The molecule has 1 fully saturated rings. The van der Waals surface area contributed by atoms with Crippen LogP contribution in [0.3, 0.4) is 0 Å². The van der Waals surface area contributed by atoms with Gasteiger partial charge in [0.15, 0.2) is 8.32 Å². The molecule has 0 spiro atoms. The molecule has 2 nitrogen and oxygen atoms in total. The highest BCUT2D eigenvalue weighted by Gasteiger charge is 2.49. The normalized spacial score (nSPS) is 34.5. The molecule has 2 aliphatic carbocycles. The molecule has 116 valence electrons. The molecule has 1 N–H and O–H groups in total. The van der Waals surface area contributed by atoms with Crippen LogP contribution >= 0.6 is 0 Å². The molecule has 0 amide bonds. The minimum Gasteiger partial charge on any atom is -0.407 e. The molecule has 0 aromatic rings. The maximum Gasteiger partial charge on any atom is 0.193 e. The summed E-state index contributed by atoms with van der Waals surface area (Å²) in [6.45, 7) is 9.27. The highest BCUT2D eigenvalue weighted by atomic mass is 28.4. The van der Waals surface area contributed by atoms with E-state index in [-0.39, 0.29) is 11.7 Å². The highest BCUT2D eigenvalue weighted by Crippen LogP contribution is 2.49. The predicted molar refractivity (Wildman–Crippen MR) is 87.4 cm³/mol. The van der Waals surface area contributed by atoms with Gasteiger partial charge in [-0.1, -0.05) is 33.8 Å². The molecule has 0 aliphatic heterocycles. The standard InChI is InChI=1S/C17H32O2Si/c1-5-20(6-2,7-3)19-17-12-8-9-15(17)13-16(18)11-10-14(17)4/h13-14,16,18H,5-12H2,1-4H3/t14-,16+,17-/m0/s1. The van der Waals surface area contributed by atoms with Crippen LogP contribution in [0.5, 0.6) is 0 Å². The van der Waals surface area contributed by atoms with Crippen molar-refractivity contribution in [2.24, 2.45) is 5.92 Å². The summed E-state index contributed by atoms with van der Waals surface area (Å²) in [5.74, 6) is 0.546. The van der Waals surface area contributed by atoms with Gasteiger partial charge in [0.25, 0.3) is 0 Å². The van der Waals surface area contributed by atoms with Crippen LogP contribution in [-0.4, -0.2) is 25.1 Å². The lowest BCUT2D eigenvalue weighted by Gasteiger charge is -2.44. The van der Waals surface area contributed by atoms with Crippen molar-refractivity contribution in [3.8, 4) is 0 Å². The molecule has 0 bridgehead atoms. The average molecular weight is 297 g/mol. The predicted octanol–water partition coefficient (Wildman–Crippen LogP) is 4.65. The minimum atomic E-state index is -1.61. The molecule has 2 rings (SSSR count). The molecular formula is C17H32O2Si. The Balaban J connectivity index is 2.35. The third-order valence-corrected chi connectivity index (χ3v) is 10.6. The molecule has 0 saturated heterocycles. The van der Waals surface area contributed by atoms with Gasteiger partial charge in [-0.25, -0.2) is 0 Å². The van der Waals surface area contributed by atoms with Crippen molar-refractivity contribution in [2.45, 2.75) is 89.6 Å². The van der Waals surface area contributed by atoms with Gasteiger partial charge in [0.05, 0.1) is 11.7 Å². The lowest BCUT2D eigenvalue weighted by Crippen LogP contribution is -2.50. The first-order chi connectivity index (χ1) is 9.52. The van der Waals surface area contributed by atoms with Gasteiger partial charge < -0.3 is 9.53 Å². The number of hydrogen-bond donors (Lipinski definition) is 1. The second kappa shape index (κ2) is 6.33. The smallest absolute Gasteiger partial charge is 0.193 e. The zero-order chi connectivity index (χ0) is 14.8. The fourth-order valence-electron chi connectivity index (χ4n) is 4.24. The molecule has 20 heavy (non-hydrogen) atoms. The Morgan fingerprint density at radius 2 is 1.90 bits per heavy atom. The lowest BCUT2D eigenvalue weighted by molar-refractivity contribution is 0.0413. The lowest BCUT2D eigenvalue weighted by atomic mass is 9.83. The summed E-state index contributed by atoms with van der Waals surface area (Å²) in [4.78, 5) is 0. The van der Waals surface area contributed by atoms with E-state index in [1.807, 2.05) is 0 Å². The second-order valence-electron chi connectivity index (χ2n) is 6.83. The maximum atomic E-state index is 10.1. The van der Waals surface area contributed by atoms with E-state index in [1.165, 1.54) is 36.5 Å². The minimum absolute atomic E-state index is 0.0360. The van der Waals surface area contributed by atoms with Gasteiger partial charge in [-0.15, -0.1) is 0 Å². The second-order valence-corrected chi connectivity index (χ2v) is 11.5. The van der Waals surface area contributed by atoms with Crippen LogP contribution < -0.4 is 0 Å². The number of aliphatic hydroxyl groups excluding tert-OH is 1. The van der Waals surface area contributed by atoms with Crippen molar-refractivity contribution in [1.82, 2.24) is 0 Å². The molecule has 0 radical (unpaired) electrons. The van der Waals surface area contributed by atoms with Crippen molar-refractivity contribution in [3.63, 3.8) is 0 Å². The summed E-state index contributed by atoms with van der Waals surface area (Å²) in [5, 5.41) is 10.1. The van der Waals surface area contributed by atoms with Crippen molar-refractivity contribution in [2.75, 3.05) is 0 Å². The van der Waals surface area contributed by atoms with E-state index < -0.39 is 8.32 Å². The van der Waals surface area contributed by atoms with Gasteiger partial charge in [0.2, 0.25) is 0 Å². The van der Waals surface area contributed by atoms with E-state index in [9.17, 15) is 5.11 Å². The van der Waals surface area contributed by atoms with Gasteiger partial charge >= 0.3 is 0 Å². The zero-order valence-electron chi connectivity index (χ0n) is 13.7. The SMILES string of the molecule is CC[Si](CC)(CC)O[C@]12CCCC1=C[C@H](O)CC[C@@H]2C. The first-order valence-corrected chi connectivity index (χ1v) is 11.1. The van der Waals surface area contributed by atoms with Crippen LogP contribution in [0, 0.1) is 5.92 Å². The largest absolute Gasteiger partial charge is 0.407 e. The Kier molecular flexibility index (Phi) is 5.14. The number of rotatable bonds is 5. The third kappa shape index (κ3) is 2.77. The topological polar surface area (TPSA) is 29.5 Å². The molecule has 1 saturated carbocycles. The quantitative estimate of drug-likeness (QED) is 0.591. The summed E-state index contributed by atoms with van der Waals surface area (Å²) in [7, 11) is -1.61. The Bertz CT molecular complexity index is 354. The average Bonchev–Trinajstić information content (AvgIpc) is 2.81. The molecule has 0 aromatic heterocycles. The van der Waals surface area contributed by atoms with E-state index in [4.69, 9.17) is 4.43 Å². The highest BCUT2D eigenvalue weighted by molar-refractivity contribution is 6.73. The molecular weight excluding hydrogens is 264 g/mol. The summed E-state index contributed by atoms with van der Waals surface area (Å²) in [6, 6.07) is 3.64. The van der Waals surface area contributed by atoms with Crippen molar-refractivity contribution in [1.29, 1.82) is 0 Å². The summed E-state index contributed by atoms with van der Waals surface area (Å²) in [6.07, 6.45) is 7.39. The molecule has 0 heterocycles. The van der Waals surface area contributed by atoms with E-state index in [1.54, 1.807) is 0 Å². The molecule has 0 unspecified atom stereocenters. The van der Waals surface area contributed by atoms with Crippen molar-refractivity contribution < 1.29 is 9.53 Å². The van der Waals surface area contributed by atoms with Gasteiger partial charge in [0, 0.05) is 0 Å². The summed E-state index contributed by atoms with van der Waals surface area (Å²) >= 11 is 0. The Morgan fingerprint density at radius 3 is 2.50 bits per heavy atom. The van der Waals surface area contributed by atoms with Gasteiger partial charge in [-0.3, -0.25) is 0 Å². The molecule has 2 aliphatic rings. The van der Waals surface area contributed by atoms with Crippen LogP contribution in [-0.2, 0) is 4.43 Å². The van der Waals surface area contributed by atoms with Gasteiger partial charge in [-0.2, -0.15) is 0 Å². The maximum absolute atomic E-state index is 10.1. The molecule has 3 atom stereocenters. The van der Waals surface area contributed by atoms with E-state index in [0.717, 1.165) is 19.3 Å². The Labute approximate surface area is 125 Å². The zero-order valence-corrected chi connectivity index (χ0v) is 14.7. The first kappa shape index (κ1) is 16.3. The fourth-order valence-corrected chi connectivity index (χ4v) is 7.38. The van der Waals surface area contributed by atoms with Gasteiger partial charge in [-0.05, 0) is 61.7 Å². The molecule has 0 aromatic carbocycles. The Morgan fingerprint density at radius 1 is 1.25 bits per heavy atom. The van der Waals surface area contributed by atoms with Crippen LogP contribution in [0.25, 0.3) is 0 Å². The van der Waals surface area contributed by atoms with E-state index in [0.29, 0.717) is 5.92 Å². The van der Waals surface area contributed by atoms with Crippen molar-refractivity contribution in [3.05, 3.63) is 11.6 Å². The van der Waals surface area contributed by atoms with E-state index >= 15 is 0 Å². The van der Waals surface area contributed by atoms with E-state index in [2.05, 4.69) is 33.8 Å². The van der Waals surface area contributed by atoms with Crippen molar-refractivity contribution >= 4 is 8.32 Å². The fraction of sp³-hybridized carbons (Fsp3) is 0.882. The number of fused-ring (bicyclic) bond motifs is 1. The van der Waals surface area contributed by atoms with Crippen LogP contribution in [0.4, 0.5) is 0 Å². The third-order valence-electron chi connectivity index (χ3n) is 5.95.